The van der Waals surface area contributed by atoms with E-state index in [1.54, 1.807) is 6.42 Å². The summed E-state index contributed by atoms with van der Waals surface area (Å²) in [7, 11) is 0. The second-order valence-corrected chi connectivity index (χ2v) is 6.81. The molecule has 1 heterocycles. The Bertz CT molecular complexity index is 230. The van der Waals surface area contributed by atoms with Crippen molar-refractivity contribution in [3.05, 3.63) is 0 Å². The molecule has 0 amide bonds. The Morgan fingerprint density at radius 2 is 1.59 bits per heavy atom. The van der Waals surface area contributed by atoms with E-state index < -0.39 is 0 Å². The molecular formula is C16H29N. The Hall–Kier alpha value is -0.0400. The van der Waals surface area contributed by atoms with E-state index in [4.69, 9.17) is 0 Å². The Kier molecular flexibility index (Phi) is 4.05. The summed E-state index contributed by atoms with van der Waals surface area (Å²) in [5.74, 6) is 3.14. The van der Waals surface area contributed by atoms with Crippen molar-refractivity contribution >= 4 is 0 Å². The molecule has 3 rings (SSSR count). The van der Waals surface area contributed by atoms with Gasteiger partial charge in [-0.05, 0) is 56.4 Å². The lowest BCUT2D eigenvalue weighted by atomic mass is 9.69. The maximum absolute atomic E-state index is 3.86. The summed E-state index contributed by atoms with van der Waals surface area (Å²) < 4.78 is 0. The molecule has 3 aliphatic rings. The zero-order valence-electron chi connectivity index (χ0n) is 11.3. The first-order valence-electron chi connectivity index (χ1n) is 8.17. The molecule has 2 saturated carbocycles. The van der Waals surface area contributed by atoms with Crippen LogP contribution in [0.25, 0.3) is 0 Å². The van der Waals surface area contributed by atoms with Gasteiger partial charge in [0.2, 0.25) is 0 Å². The molecule has 1 heteroatoms. The van der Waals surface area contributed by atoms with Crippen LogP contribution >= 0.6 is 0 Å². The molecule has 98 valence electrons. The van der Waals surface area contributed by atoms with Crippen LogP contribution in [-0.2, 0) is 0 Å². The van der Waals surface area contributed by atoms with Crippen LogP contribution in [-0.4, -0.2) is 12.6 Å². The van der Waals surface area contributed by atoms with E-state index in [1.807, 2.05) is 0 Å². The largest absolute Gasteiger partial charge is 0.313 e. The van der Waals surface area contributed by atoms with Gasteiger partial charge in [0.05, 0.1) is 0 Å². The minimum absolute atomic E-state index is 0.902. The maximum Gasteiger partial charge on any atom is 0.0124 e. The first kappa shape index (κ1) is 12.0. The Balaban J connectivity index is 1.56. The standard InChI is InChI=1S/C16H29N/c1-2-6-13(7-3-1)12-15-9-4-8-14-10-5-11-17-16(14)15/h13-17H,1-12H2. The average molecular weight is 235 g/mol. The summed E-state index contributed by atoms with van der Waals surface area (Å²) in [6, 6.07) is 0.902. The summed E-state index contributed by atoms with van der Waals surface area (Å²) in [6.45, 7) is 1.29. The third-order valence-corrected chi connectivity index (χ3v) is 5.66. The fourth-order valence-corrected chi connectivity index (χ4v) is 4.79. The molecule has 0 radical (unpaired) electrons. The zero-order chi connectivity index (χ0) is 11.5. The molecule has 0 aromatic heterocycles. The molecule has 0 aromatic rings. The molecule has 3 atom stereocenters. The van der Waals surface area contributed by atoms with Crippen molar-refractivity contribution in [1.29, 1.82) is 0 Å². The SMILES string of the molecule is C1CCC(CC2CCCC3CCCNC32)CC1. The molecule has 1 N–H and O–H groups in total. The van der Waals surface area contributed by atoms with Crippen molar-refractivity contribution in [2.24, 2.45) is 17.8 Å². The molecule has 0 spiro atoms. The van der Waals surface area contributed by atoms with Gasteiger partial charge in [-0.2, -0.15) is 0 Å². The minimum Gasteiger partial charge on any atom is -0.313 e. The molecule has 1 aliphatic heterocycles. The second-order valence-electron chi connectivity index (χ2n) is 6.81. The number of hydrogen-bond acceptors (Lipinski definition) is 1. The fourth-order valence-electron chi connectivity index (χ4n) is 4.79. The van der Waals surface area contributed by atoms with Gasteiger partial charge in [0, 0.05) is 6.04 Å². The van der Waals surface area contributed by atoms with Crippen molar-refractivity contribution in [2.75, 3.05) is 6.54 Å². The van der Waals surface area contributed by atoms with Crippen LogP contribution in [0.4, 0.5) is 0 Å². The monoisotopic (exact) mass is 235 g/mol. The van der Waals surface area contributed by atoms with E-state index in [2.05, 4.69) is 5.32 Å². The highest BCUT2D eigenvalue weighted by molar-refractivity contribution is 4.91. The summed E-state index contributed by atoms with van der Waals surface area (Å²) in [6.07, 6.45) is 16.6. The lowest BCUT2D eigenvalue weighted by molar-refractivity contribution is 0.119. The van der Waals surface area contributed by atoms with Crippen molar-refractivity contribution in [3.8, 4) is 0 Å². The predicted molar refractivity (Wildman–Crippen MR) is 73.0 cm³/mol. The van der Waals surface area contributed by atoms with E-state index in [-0.39, 0.29) is 0 Å². The van der Waals surface area contributed by atoms with Crippen LogP contribution in [0.2, 0.25) is 0 Å². The number of rotatable bonds is 2. The average Bonchev–Trinajstić information content (AvgIpc) is 2.40. The van der Waals surface area contributed by atoms with Crippen LogP contribution in [0, 0.1) is 17.8 Å². The van der Waals surface area contributed by atoms with Crippen molar-refractivity contribution in [1.82, 2.24) is 5.32 Å². The van der Waals surface area contributed by atoms with Gasteiger partial charge in [-0.25, -0.2) is 0 Å². The van der Waals surface area contributed by atoms with Crippen LogP contribution < -0.4 is 5.32 Å². The molecule has 3 unspecified atom stereocenters. The number of hydrogen-bond donors (Lipinski definition) is 1. The number of nitrogens with one attached hydrogen (secondary N) is 1. The van der Waals surface area contributed by atoms with Gasteiger partial charge in [-0.15, -0.1) is 0 Å². The topological polar surface area (TPSA) is 12.0 Å². The first-order chi connectivity index (χ1) is 8.43. The summed E-state index contributed by atoms with van der Waals surface area (Å²) in [5, 5.41) is 3.86. The minimum atomic E-state index is 0.902. The van der Waals surface area contributed by atoms with Gasteiger partial charge < -0.3 is 5.32 Å². The lowest BCUT2D eigenvalue weighted by Gasteiger charge is -2.43. The molecular weight excluding hydrogens is 206 g/mol. The first-order valence-corrected chi connectivity index (χ1v) is 8.17. The fraction of sp³-hybridized carbons (Fsp3) is 1.00. The van der Waals surface area contributed by atoms with Crippen molar-refractivity contribution in [2.45, 2.75) is 76.7 Å². The summed E-state index contributed by atoms with van der Waals surface area (Å²) in [5.41, 5.74) is 0. The Morgan fingerprint density at radius 3 is 2.47 bits per heavy atom. The van der Waals surface area contributed by atoms with Crippen LogP contribution in [0.3, 0.4) is 0 Å². The highest BCUT2D eigenvalue weighted by Gasteiger charge is 2.35. The lowest BCUT2D eigenvalue weighted by Crippen LogP contribution is -2.48. The summed E-state index contributed by atoms with van der Waals surface area (Å²) in [4.78, 5) is 0. The molecule has 1 saturated heterocycles. The molecule has 0 bridgehead atoms. The predicted octanol–water partition coefficient (Wildman–Crippen LogP) is 4.13. The van der Waals surface area contributed by atoms with E-state index in [1.165, 1.54) is 70.8 Å². The van der Waals surface area contributed by atoms with Gasteiger partial charge in [-0.3, -0.25) is 0 Å². The van der Waals surface area contributed by atoms with Gasteiger partial charge in [-0.1, -0.05) is 38.5 Å². The Labute approximate surface area is 107 Å². The molecule has 3 fully saturated rings. The molecule has 2 aliphatic carbocycles. The van der Waals surface area contributed by atoms with Gasteiger partial charge >= 0.3 is 0 Å². The molecule has 1 nitrogen and oxygen atoms in total. The number of fused-ring (bicyclic) bond motifs is 1. The molecule has 17 heavy (non-hydrogen) atoms. The van der Waals surface area contributed by atoms with E-state index in [9.17, 15) is 0 Å². The summed E-state index contributed by atoms with van der Waals surface area (Å²) >= 11 is 0. The van der Waals surface area contributed by atoms with Gasteiger partial charge in [0.25, 0.3) is 0 Å². The van der Waals surface area contributed by atoms with E-state index in [0.29, 0.717) is 0 Å². The normalized spacial score (nSPS) is 39.9. The van der Waals surface area contributed by atoms with Gasteiger partial charge in [0.15, 0.2) is 0 Å². The maximum atomic E-state index is 3.86. The van der Waals surface area contributed by atoms with Gasteiger partial charge in [0.1, 0.15) is 0 Å². The third kappa shape index (κ3) is 2.86. The van der Waals surface area contributed by atoms with Crippen molar-refractivity contribution in [3.63, 3.8) is 0 Å². The highest BCUT2D eigenvalue weighted by atomic mass is 14.9. The van der Waals surface area contributed by atoms with Crippen LogP contribution in [0.15, 0.2) is 0 Å². The van der Waals surface area contributed by atoms with Crippen molar-refractivity contribution < 1.29 is 0 Å². The second kappa shape index (κ2) is 5.73. The highest BCUT2D eigenvalue weighted by Crippen LogP contribution is 2.40. The van der Waals surface area contributed by atoms with Crippen LogP contribution in [0.5, 0.6) is 0 Å². The van der Waals surface area contributed by atoms with Crippen LogP contribution in [0.1, 0.15) is 70.6 Å². The Morgan fingerprint density at radius 1 is 0.765 bits per heavy atom. The van der Waals surface area contributed by atoms with E-state index >= 15 is 0 Å². The third-order valence-electron chi connectivity index (χ3n) is 5.66. The smallest absolute Gasteiger partial charge is 0.0124 e. The zero-order valence-corrected chi connectivity index (χ0v) is 11.3. The number of piperidine rings is 1. The quantitative estimate of drug-likeness (QED) is 0.759. The van der Waals surface area contributed by atoms with E-state index in [0.717, 1.165) is 23.8 Å². The molecule has 0 aromatic carbocycles.